The van der Waals surface area contributed by atoms with E-state index in [-0.39, 0.29) is 5.91 Å². The molecule has 0 saturated carbocycles. The van der Waals surface area contributed by atoms with E-state index in [4.69, 9.17) is 26.1 Å². The summed E-state index contributed by atoms with van der Waals surface area (Å²) >= 11 is 6.15. The molecule has 4 aromatic rings. The Hall–Kier alpha value is -3.51. The van der Waals surface area contributed by atoms with E-state index in [0.29, 0.717) is 44.2 Å². The molecule has 5 rings (SSSR count). The number of ether oxygens (including phenoxy) is 2. The standard InChI is InChI=1S/C33H33ClN2O3/c1-3-36(4-2)32(37)30-11-6-5-9-25(30)18-19-33(38-20-21-39-33)27-10-7-8-24(22-27)12-16-29-17-14-26-13-15-28(34)23-31(26)35-29/h5-17,22-23H,3-4,18-21H2,1-2H3/b16-12+. The van der Waals surface area contributed by atoms with E-state index in [2.05, 4.69) is 12.1 Å². The van der Waals surface area contributed by atoms with Crippen molar-refractivity contribution >= 4 is 40.6 Å². The minimum absolute atomic E-state index is 0.0645. The van der Waals surface area contributed by atoms with Crippen LogP contribution in [0, 0.1) is 0 Å². The fraction of sp³-hybridized carbons (Fsp3) is 0.273. The number of amides is 1. The first kappa shape index (κ1) is 27.1. The number of hydrogen-bond donors (Lipinski definition) is 0. The van der Waals surface area contributed by atoms with Crippen LogP contribution >= 0.6 is 11.6 Å². The lowest BCUT2D eigenvalue weighted by atomic mass is 9.94. The molecule has 1 aliphatic heterocycles. The van der Waals surface area contributed by atoms with Crippen LogP contribution in [0.3, 0.4) is 0 Å². The van der Waals surface area contributed by atoms with Crippen molar-refractivity contribution < 1.29 is 14.3 Å². The topological polar surface area (TPSA) is 51.7 Å². The Morgan fingerprint density at radius 1 is 0.949 bits per heavy atom. The van der Waals surface area contributed by atoms with Gasteiger partial charge in [0.05, 0.1) is 24.4 Å². The normalized spacial score (nSPS) is 14.7. The van der Waals surface area contributed by atoms with E-state index < -0.39 is 5.79 Å². The van der Waals surface area contributed by atoms with Gasteiger partial charge in [0.25, 0.3) is 5.91 Å². The number of hydrogen-bond acceptors (Lipinski definition) is 4. The molecule has 0 atom stereocenters. The van der Waals surface area contributed by atoms with Crippen LogP contribution in [-0.2, 0) is 21.7 Å². The molecule has 1 saturated heterocycles. The summed E-state index contributed by atoms with van der Waals surface area (Å²) in [6.07, 6.45) is 5.31. The number of aromatic nitrogens is 1. The van der Waals surface area contributed by atoms with Crippen LogP contribution in [0.5, 0.6) is 0 Å². The molecule has 3 aromatic carbocycles. The highest BCUT2D eigenvalue weighted by molar-refractivity contribution is 6.31. The molecule has 0 unspecified atom stereocenters. The van der Waals surface area contributed by atoms with E-state index in [1.807, 2.05) is 97.6 Å². The Kier molecular flexibility index (Phi) is 8.41. The van der Waals surface area contributed by atoms with Crippen LogP contribution in [0.1, 0.15) is 53.0 Å². The molecule has 2 heterocycles. The van der Waals surface area contributed by atoms with Gasteiger partial charge in [-0.3, -0.25) is 4.79 Å². The molecule has 1 amide bonds. The van der Waals surface area contributed by atoms with Crippen LogP contribution in [0.25, 0.3) is 23.1 Å². The van der Waals surface area contributed by atoms with Gasteiger partial charge in [0, 0.05) is 41.0 Å². The van der Waals surface area contributed by atoms with Gasteiger partial charge in [0.15, 0.2) is 5.79 Å². The first-order valence-electron chi connectivity index (χ1n) is 13.5. The average molecular weight is 541 g/mol. The number of rotatable bonds is 9. The van der Waals surface area contributed by atoms with E-state index >= 15 is 0 Å². The van der Waals surface area contributed by atoms with Crippen molar-refractivity contribution in [1.82, 2.24) is 9.88 Å². The van der Waals surface area contributed by atoms with Crippen LogP contribution in [-0.4, -0.2) is 42.1 Å². The Balaban J connectivity index is 1.37. The van der Waals surface area contributed by atoms with Crippen LogP contribution in [0.15, 0.2) is 78.9 Å². The molecule has 1 aromatic heterocycles. The maximum absolute atomic E-state index is 13.1. The number of aryl methyl sites for hydroxylation is 1. The minimum atomic E-state index is -0.854. The van der Waals surface area contributed by atoms with Crippen molar-refractivity contribution in [3.63, 3.8) is 0 Å². The molecule has 0 bridgehead atoms. The number of benzene rings is 3. The van der Waals surface area contributed by atoms with Crippen molar-refractivity contribution in [2.24, 2.45) is 0 Å². The molecular formula is C33H33ClN2O3. The summed E-state index contributed by atoms with van der Waals surface area (Å²) in [5, 5.41) is 1.72. The Bertz CT molecular complexity index is 1490. The molecule has 0 radical (unpaired) electrons. The summed E-state index contributed by atoms with van der Waals surface area (Å²) in [4.78, 5) is 19.7. The summed E-state index contributed by atoms with van der Waals surface area (Å²) in [6.45, 7) is 6.44. The Labute approximate surface area is 235 Å². The SMILES string of the molecule is CCN(CC)C(=O)c1ccccc1CCC1(c2cccc(/C=C/c3ccc4ccc(Cl)cc4n3)c2)OCCO1. The third kappa shape index (κ3) is 6.06. The Morgan fingerprint density at radius 3 is 2.51 bits per heavy atom. The third-order valence-corrected chi connectivity index (χ3v) is 7.46. The summed E-state index contributed by atoms with van der Waals surface area (Å²) in [7, 11) is 0. The smallest absolute Gasteiger partial charge is 0.254 e. The molecule has 1 aliphatic rings. The van der Waals surface area contributed by atoms with Crippen LogP contribution in [0.2, 0.25) is 5.02 Å². The highest BCUT2D eigenvalue weighted by Gasteiger charge is 2.38. The molecule has 0 aliphatic carbocycles. The van der Waals surface area contributed by atoms with E-state index in [1.54, 1.807) is 0 Å². The maximum Gasteiger partial charge on any atom is 0.254 e. The summed E-state index contributed by atoms with van der Waals surface area (Å²) in [5.41, 5.74) is 5.46. The second-order valence-electron chi connectivity index (χ2n) is 9.62. The quantitative estimate of drug-likeness (QED) is 0.222. The summed E-state index contributed by atoms with van der Waals surface area (Å²) < 4.78 is 12.5. The van der Waals surface area contributed by atoms with Gasteiger partial charge in [-0.2, -0.15) is 0 Å². The molecule has 39 heavy (non-hydrogen) atoms. The number of fused-ring (bicyclic) bond motifs is 1. The summed E-state index contributed by atoms with van der Waals surface area (Å²) in [6, 6.07) is 25.8. The lowest BCUT2D eigenvalue weighted by Crippen LogP contribution is -2.32. The number of pyridine rings is 1. The lowest BCUT2D eigenvalue weighted by molar-refractivity contribution is -0.170. The van der Waals surface area contributed by atoms with Gasteiger partial charge in [-0.1, -0.05) is 66.2 Å². The zero-order valence-corrected chi connectivity index (χ0v) is 23.2. The van der Waals surface area contributed by atoms with E-state index in [9.17, 15) is 4.79 Å². The van der Waals surface area contributed by atoms with Gasteiger partial charge < -0.3 is 14.4 Å². The maximum atomic E-state index is 13.1. The molecule has 1 fully saturated rings. The molecule has 200 valence electrons. The number of nitrogens with zero attached hydrogens (tertiary/aromatic N) is 2. The third-order valence-electron chi connectivity index (χ3n) is 7.22. The summed E-state index contributed by atoms with van der Waals surface area (Å²) in [5.74, 6) is -0.790. The Morgan fingerprint density at radius 2 is 1.72 bits per heavy atom. The van der Waals surface area contributed by atoms with E-state index in [0.717, 1.165) is 38.9 Å². The number of carbonyl (C=O) groups is 1. The zero-order chi connectivity index (χ0) is 27.2. The zero-order valence-electron chi connectivity index (χ0n) is 22.4. The largest absolute Gasteiger partial charge is 0.343 e. The van der Waals surface area contributed by atoms with Crippen LogP contribution in [0.4, 0.5) is 0 Å². The second-order valence-corrected chi connectivity index (χ2v) is 10.1. The monoisotopic (exact) mass is 540 g/mol. The molecule has 0 N–H and O–H groups in total. The van der Waals surface area contributed by atoms with Gasteiger partial charge in [-0.25, -0.2) is 4.98 Å². The van der Waals surface area contributed by atoms with Gasteiger partial charge in [-0.15, -0.1) is 0 Å². The average Bonchev–Trinajstić information content (AvgIpc) is 3.46. The van der Waals surface area contributed by atoms with Crippen molar-refractivity contribution in [1.29, 1.82) is 0 Å². The van der Waals surface area contributed by atoms with Crippen molar-refractivity contribution in [3.05, 3.63) is 112 Å². The van der Waals surface area contributed by atoms with E-state index in [1.165, 1.54) is 0 Å². The van der Waals surface area contributed by atoms with Crippen LogP contribution < -0.4 is 0 Å². The van der Waals surface area contributed by atoms with Crippen molar-refractivity contribution in [3.8, 4) is 0 Å². The first-order chi connectivity index (χ1) is 19.0. The lowest BCUT2D eigenvalue weighted by Gasteiger charge is -2.29. The van der Waals surface area contributed by atoms with Crippen molar-refractivity contribution in [2.45, 2.75) is 32.5 Å². The molecule has 6 heteroatoms. The predicted octanol–water partition coefficient (Wildman–Crippen LogP) is 7.37. The van der Waals surface area contributed by atoms with Gasteiger partial charge in [-0.05, 0) is 67.8 Å². The van der Waals surface area contributed by atoms with Gasteiger partial charge >= 0.3 is 0 Å². The highest BCUT2D eigenvalue weighted by atomic mass is 35.5. The van der Waals surface area contributed by atoms with Gasteiger partial charge in [0.2, 0.25) is 0 Å². The highest BCUT2D eigenvalue weighted by Crippen LogP contribution is 2.37. The second kappa shape index (κ2) is 12.1. The first-order valence-corrected chi connectivity index (χ1v) is 13.9. The fourth-order valence-electron chi connectivity index (χ4n) is 5.10. The predicted molar refractivity (Wildman–Crippen MR) is 158 cm³/mol. The fourth-order valence-corrected chi connectivity index (χ4v) is 5.26. The molecule has 0 spiro atoms. The number of halogens is 1. The molecule has 5 nitrogen and oxygen atoms in total. The van der Waals surface area contributed by atoms with Crippen molar-refractivity contribution in [2.75, 3.05) is 26.3 Å². The van der Waals surface area contributed by atoms with Gasteiger partial charge in [0.1, 0.15) is 0 Å². The number of carbonyl (C=O) groups excluding carboxylic acids is 1. The minimum Gasteiger partial charge on any atom is -0.343 e. The molecular weight excluding hydrogens is 508 g/mol.